The summed E-state index contributed by atoms with van der Waals surface area (Å²) < 4.78 is 5.74. The Morgan fingerprint density at radius 3 is 3.25 bits per heavy atom. The molecule has 2 heteroatoms. The van der Waals surface area contributed by atoms with Crippen LogP contribution in [0.5, 0.6) is 0 Å². The molecule has 2 rings (SSSR count). The molecule has 0 spiro atoms. The van der Waals surface area contributed by atoms with E-state index in [0.717, 1.165) is 13.2 Å². The summed E-state index contributed by atoms with van der Waals surface area (Å²) in [5.74, 6) is 0. The molecule has 1 aliphatic carbocycles. The second-order valence-corrected chi connectivity index (χ2v) is 4.14. The Balaban J connectivity index is 1.97. The van der Waals surface area contributed by atoms with Crippen LogP contribution in [0.4, 0.5) is 0 Å². The van der Waals surface area contributed by atoms with Crippen LogP contribution in [-0.4, -0.2) is 25.8 Å². The fourth-order valence-electron chi connectivity index (χ4n) is 2.72. The standard InChI is InChI=1S/C10H19NO/c1-2-11-8-10-5-3-4-9(10)12-7-6-10/h9,11H,2-8H2,1H3/t9-,10-/m1/s1. The van der Waals surface area contributed by atoms with Crippen LogP contribution in [0.3, 0.4) is 0 Å². The van der Waals surface area contributed by atoms with Gasteiger partial charge in [0.15, 0.2) is 0 Å². The van der Waals surface area contributed by atoms with Gasteiger partial charge >= 0.3 is 0 Å². The zero-order valence-corrected chi connectivity index (χ0v) is 7.94. The molecule has 0 amide bonds. The highest BCUT2D eigenvalue weighted by Crippen LogP contribution is 2.46. The van der Waals surface area contributed by atoms with E-state index in [4.69, 9.17) is 4.74 Å². The summed E-state index contributed by atoms with van der Waals surface area (Å²) in [6.07, 6.45) is 5.91. The molecule has 1 N–H and O–H groups in total. The van der Waals surface area contributed by atoms with Gasteiger partial charge < -0.3 is 10.1 Å². The van der Waals surface area contributed by atoms with Gasteiger partial charge in [0.05, 0.1) is 6.10 Å². The van der Waals surface area contributed by atoms with Crippen LogP contribution < -0.4 is 5.32 Å². The van der Waals surface area contributed by atoms with Crippen LogP contribution in [0, 0.1) is 5.41 Å². The monoisotopic (exact) mass is 169 g/mol. The first kappa shape index (κ1) is 8.52. The third-order valence-electron chi connectivity index (χ3n) is 3.47. The first-order chi connectivity index (χ1) is 5.87. The van der Waals surface area contributed by atoms with E-state index in [2.05, 4.69) is 12.2 Å². The molecule has 1 saturated heterocycles. The van der Waals surface area contributed by atoms with Crippen LogP contribution in [-0.2, 0) is 4.74 Å². The molecule has 2 nitrogen and oxygen atoms in total. The molecule has 0 aromatic heterocycles. The summed E-state index contributed by atoms with van der Waals surface area (Å²) in [5.41, 5.74) is 0.524. The van der Waals surface area contributed by atoms with E-state index in [-0.39, 0.29) is 0 Å². The molecular weight excluding hydrogens is 150 g/mol. The molecule has 0 radical (unpaired) electrons. The quantitative estimate of drug-likeness (QED) is 0.692. The van der Waals surface area contributed by atoms with E-state index < -0.39 is 0 Å². The summed E-state index contributed by atoms with van der Waals surface area (Å²) in [7, 11) is 0. The van der Waals surface area contributed by atoms with Gasteiger partial charge in [-0.15, -0.1) is 0 Å². The normalized spacial score (nSPS) is 40.2. The number of fused-ring (bicyclic) bond motifs is 1. The van der Waals surface area contributed by atoms with Gasteiger partial charge in [-0.3, -0.25) is 0 Å². The average molecular weight is 169 g/mol. The Kier molecular flexibility index (Phi) is 2.37. The molecule has 0 unspecified atom stereocenters. The topological polar surface area (TPSA) is 21.3 Å². The molecular formula is C10H19NO. The van der Waals surface area contributed by atoms with E-state index in [0.29, 0.717) is 11.5 Å². The minimum Gasteiger partial charge on any atom is -0.378 e. The second-order valence-electron chi connectivity index (χ2n) is 4.14. The Morgan fingerprint density at radius 2 is 2.42 bits per heavy atom. The number of ether oxygens (including phenoxy) is 1. The fourth-order valence-corrected chi connectivity index (χ4v) is 2.72. The maximum Gasteiger partial charge on any atom is 0.0644 e. The molecule has 2 aliphatic rings. The van der Waals surface area contributed by atoms with Gasteiger partial charge in [0.25, 0.3) is 0 Å². The lowest BCUT2D eigenvalue weighted by Crippen LogP contribution is -2.36. The SMILES string of the molecule is CCNC[C@]12CCC[C@H]1OCC2. The predicted molar refractivity (Wildman–Crippen MR) is 49.2 cm³/mol. The third kappa shape index (κ3) is 1.27. The van der Waals surface area contributed by atoms with Crippen molar-refractivity contribution in [3.8, 4) is 0 Å². The highest BCUT2D eigenvalue weighted by Gasteiger charge is 2.46. The lowest BCUT2D eigenvalue weighted by molar-refractivity contribution is 0.0702. The first-order valence-electron chi connectivity index (χ1n) is 5.20. The molecule has 1 aliphatic heterocycles. The zero-order chi connectivity index (χ0) is 8.44. The van der Waals surface area contributed by atoms with Crippen LogP contribution in [0.1, 0.15) is 32.6 Å². The van der Waals surface area contributed by atoms with Gasteiger partial charge in [0, 0.05) is 18.6 Å². The Bertz CT molecular complexity index is 148. The van der Waals surface area contributed by atoms with Crippen molar-refractivity contribution in [2.45, 2.75) is 38.7 Å². The highest BCUT2D eigenvalue weighted by atomic mass is 16.5. The minimum atomic E-state index is 0.524. The number of rotatable bonds is 3. The van der Waals surface area contributed by atoms with Crippen LogP contribution in [0.15, 0.2) is 0 Å². The Hall–Kier alpha value is -0.0800. The molecule has 0 bridgehead atoms. The van der Waals surface area contributed by atoms with Gasteiger partial charge in [0.1, 0.15) is 0 Å². The molecule has 0 aromatic carbocycles. The van der Waals surface area contributed by atoms with E-state index >= 15 is 0 Å². The van der Waals surface area contributed by atoms with Gasteiger partial charge in [-0.05, 0) is 25.8 Å². The number of hydrogen-bond donors (Lipinski definition) is 1. The van der Waals surface area contributed by atoms with Crippen molar-refractivity contribution in [2.75, 3.05) is 19.7 Å². The van der Waals surface area contributed by atoms with Gasteiger partial charge in [0.2, 0.25) is 0 Å². The molecule has 1 saturated carbocycles. The molecule has 0 aromatic rings. The molecule has 1 heterocycles. The van der Waals surface area contributed by atoms with Gasteiger partial charge in [-0.25, -0.2) is 0 Å². The Labute approximate surface area is 74.7 Å². The molecule has 70 valence electrons. The van der Waals surface area contributed by atoms with Crippen molar-refractivity contribution in [3.05, 3.63) is 0 Å². The summed E-state index contributed by atoms with van der Waals surface area (Å²) >= 11 is 0. The lowest BCUT2D eigenvalue weighted by Gasteiger charge is -2.27. The lowest BCUT2D eigenvalue weighted by atomic mass is 9.83. The largest absolute Gasteiger partial charge is 0.378 e. The summed E-state index contributed by atoms with van der Waals surface area (Å²) in [4.78, 5) is 0. The average Bonchev–Trinajstić information content (AvgIpc) is 2.58. The first-order valence-corrected chi connectivity index (χ1v) is 5.20. The van der Waals surface area contributed by atoms with Crippen molar-refractivity contribution in [2.24, 2.45) is 5.41 Å². The maximum atomic E-state index is 5.74. The van der Waals surface area contributed by atoms with Gasteiger partial charge in [-0.1, -0.05) is 13.3 Å². The van der Waals surface area contributed by atoms with Crippen molar-refractivity contribution in [3.63, 3.8) is 0 Å². The van der Waals surface area contributed by atoms with Crippen molar-refractivity contribution < 1.29 is 4.74 Å². The second kappa shape index (κ2) is 3.35. The predicted octanol–water partition coefficient (Wildman–Crippen LogP) is 1.56. The number of hydrogen-bond acceptors (Lipinski definition) is 2. The van der Waals surface area contributed by atoms with E-state index in [1.165, 1.54) is 32.2 Å². The summed E-state index contributed by atoms with van der Waals surface area (Å²) in [5, 5.41) is 3.47. The van der Waals surface area contributed by atoms with E-state index in [1.807, 2.05) is 0 Å². The Morgan fingerprint density at radius 1 is 1.50 bits per heavy atom. The molecule has 2 atom stereocenters. The van der Waals surface area contributed by atoms with E-state index in [1.54, 1.807) is 0 Å². The van der Waals surface area contributed by atoms with Crippen LogP contribution in [0.2, 0.25) is 0 Å². The highest BCUT2D eigenvalue weighted by molar-refractivity contribution is 4.97. The van der Waals surface area contributed by atoms with Crippen molar-refractivity contribution >= 4 is 0 Å². The smallest absolute Gasteiger partial charge is 0.0644 e. The van der Waals surface area contributed by atoms with Crippen LogP contribution >= 0.6 is 0 Å². The van der Waals surface area contributed by atoms with Gasteiger partial charge in [-0.2, -0.15) is 0 Å². The summed E-state index contributed by atoms with van der Waals surface area (Å²) in [6.45, 7) is 5.44. The van der Waals surface area contributed by atoms with E-state index in [9.17, 15) is 0 Å². The van der Waals surface area contributed by atoms with Crippen molar-refractivity contribution in [1.29, 1.82) is 0 Å². The molecule has 12 heavy (non-hydrogen) atoms. The fraction of sp³-hybridized carbons (Fsp3) is 1.00. The van der Waals surface area contributed by atoms with Crippen molar-refractivity contribution in [1.82, 2.24) is 5.32 Å². The maximum absolute atomic E-state index is 5.74. The number of nitrogens with one attached hydrogen (secondary N) is 1. The molecule has 2 fully saturated rings. The van der Waals surface area contributed by atoms with Crippen LogP contribution in [0.25, 0.3) is 0 Å². The minimum absolute atomic E-state index is 0.524. The third-order valence-corrected chi connectivity index (χ3v) is 3.47. The summed E-state index contributed by atoms with van der Waals surface area (Å²) in [6, 6.07) is 0. The zero-order valence-electron chi connectivity index (χ0n) is 7.94.